The molecule has 3 rings (SSSR count). The maximum absolute atomic E-state index is 13.8. The summed E-state index contributed by atoms with van der Waals surface area (Å²) in [5, 5.41) is 4.73. The second kappa shape index (κ2) is 9.49. The van der Waals surface area contributed by atoms with E-state index in [0.29, 0.717) is 10.9 Å². The highest BCUT2D eigenvalue weighted by Gasteiger charge is 2.30. The highest BCUT2D eigenvalue weighted by atomic mass is 19.2. The van der Waals surface area contributed by atoms with Gasteiger partial charge < -0.3 is 20.0 Å². The highest BCUT2D eigenvalue weighted by molar-refractivity contribution is 5.95. The lowest BCUT2D eigenvalue weighted by Crippen LogP contribution is -2.47. The van der Waals surface area contributed by atoms with Crippen molar-refractivity contribution in [1.82, 2.24) is 10.6 Å². The molecule has 0 aliphatic carbocycles. The summed E-state index contributed by atoms with van der Waals surface area (Å²) >= 11 is 0. The van der Waals surface area contributed by atoms with Gasteiger partial charge in [-0.05, 0) is 24.6 Å². The number of hydrogen-bond donors (Lipinski definition) is 2. The van der Waals surface area contributed by atoms with Crippen LogP contribution >= 0.6 is 0 Å². The molecule has 0 fully saturated rings. The Bertz CT molecular complexity index is 1330. The van der Waals surface area contributed by atoms with E-state index in [1.54, 1.807) is 37.2 Å². The van der Waals surface area contributed by atoms with Crippen molar-refractivity contribution < 1.29 is 36.0 Å². The van der Waals surface area contributed by atoms with Crippen molar-refractivity contribution in [3.05, 3.63) is 74.9 Å². The standard InChI is InChI=1S/C22H18F5N3O4/c1-9(29-22(33)16-17(23)19(25)21(27)20(26)18(16)24)28-14(31)6-10-7-15(32)34-13-8-11(30(2)3)4-5-12(10)13/h4-5,7-9H,6H2,1-3H3,(H,28,31)(H,29,33). The van der Waals surface area contributed by atoms with Crippen molar-refractivity contribution in [2.45, 2.75) is 19.5 Å². The van der Waals surface area contributed by atoms with Crippen LogP contribution in [0.25, 0.3) is 11.0 Å². The first kappa shape index (κ1) is 24.7. The summed E-state index contributed by atoms with van der Waals surface area (Å²) in [5.41, 5.74) is -1.07. The van der Waals surface area contributed by atoms with E-state index in [-0.39, 0.29) is 12.0 Å². The van der Waals surface area contributed by atoms with Gasteiger partial charge in [0.1, 0.15) is 11.1 Å². The van der Waals surface area contributed by atoms with Gasteiger partial charge in [0.25, 0.3) is 5.91 Å². The predicted octanol–water partition coefficient (Wildman–Crippen LogP) is 2.99. The zero-order chi connectivity index (χ0) is 25.3. The molecule has 180 valence electrons. The molecule has 0 aliphatic rings. The molecule has 2 N–H and O–H groups in total. The summed E-state index contributed by atoms with van der Waals surface area (Å²) in [7, 11) is 3.58. The largest absolute Gasteiger partial charge is 0.423 e. The van der Waals surface area contributed by atoms with Gasteiger partial charge in [0.15, 0.2) is 23.3 Å². The molecule has 12 heteroatoms. The lowest BCUT2D eigenvalue weighted by molar-refractivity contribution is -0.121. The molecule has 0 saturated carbocycles. The van der Waals surface area contributed by atoms with E-state index in [9.17, 15) is 36.3 Å². The lowest BCUT2D eigenvalue weighted by atomic mass is 10.1. The SMILES string of the molecule is CC(NC(=O)Cc1cc(=O)oc2cc(N(C)C)ccc12)NC(=O)c1c(F)c(F)c(F)c(F)c1F. The number of carbonyl (C=O) groups is 2. The van der Waals surface area contributed by atoms with E-state index in [1.165, 1.54) is 6.92 Å². The zero-order valence-electron chi connectivity index (χ0n) is 18.1. The third-order valence-corrected chi connectivity index (χ3v) is 4.84. The molecule has 0 radical (unpaired) electrons. The fourth-order valence-corrected chi connectivity index (χ4v) is 3.22. The Morgan fingerprint density at radius 3 is 2.12 bits per heavy atom. The Morgan fingerprint density at radius 1 is 0.941 bits per heavy atom. The number of fused-ring (bicyclic) bond motifs is 1. The van der Waals surface area contributed by atoms with E-state index in [0.717, 1.165) is 11.8 Å². The van der Waals surface area contributed by atoms with Crippen LogP contribution in [0, 0.1) is 29.1 Å². The van der Waals surface area contributed by atoms with Gasteiger partial charge in [-0.1, -0.05) is 0 Å². The van der Waals surface area contributed by atoms with Gasteiger partial charge in [-0.2, -0.15) is 0 Å². The molecule has 0 spiro atoms. The molecular weight excluding hydrogens is 465 g/mol. The summed E-state index contributed by atoms with van der Waals surface area (Å²) in [6.07, 6.45) is -1.59. The van der Waals surface area contributed by atoms with Crippen molar-refractivity contribution in [1.29, 1.82) is 0 Å². The molecule has 1 aromatic heterocycles. The van der Waals surface area contributed by atoms with Gasteiger partial charge in [-0.3, -0.25) is 9.59 Å². The third kappa shape index (κ3) is 4.85. The van der Waals surface area contributed by atoms with Gasteiger partial charge >= 0.3 is 5.63 Å². The normalized spacial score (nSPS) is 11.9. The molecule has 7 nitrogen and oxygen atoms in total. The zero-order valence-corrected chi connectivity index (χ0v) is 18.1. The molecule has 1 unspecified atom stereocenters. The Balaban J connectivity index is 1.76. The molecule has 2 aromatic carbocycles. The summed E-state index contributed by atoms with van der Waals surface area (Å²) in [4.78, 5) is 38.2. The average molecular weight is 483 g/mol. The van der Waals surface area contributed by atoms with E-state index < -0.39 is 58.3 Å². The van der Waals surface area contributed by atoms with Crippen molar-refractivity contribution in [2.24, 2.45) is 0 Å². The fraction of sp³-hybridized carbons (Fsp3) is 0.227. The van der Waals surface area contributed by atoms with Gasteiger partial charge in [-0.15, -0.1) is 0 Å². The van der Waals surface area contributed by atoms with E-state index in [2.05, 4.69) is 5.32 Å². The molecular formula is C22H18F5N3O4. The second-order valence-corrected chi connectivity index (χ2v) is 7.55. The highest BCUT2D eigenvalue weighted by Crippen LogP contribution is 2.24. The first-order valence-corrected chi connectivity index (χ1v) is 9.76. The van der Waals surface area contributed by atoms with Gasteiger partial charge in [0, 0.05) is 37.3 Å². The average Bonchev–Trinajstić information content (AvgIpc) is 2.75. The van der Waals surface area contributed by atoms with Crippen LogP contribution in [-0.4, -0.2) is 32.1 Å². The number of amides is 2. The van der Waals surface area contributed by atoms with Crippen LogP contribution in [0.3, 0.4) is 0 Å². The maximum Gasteiger partial charge on any atom is 0.336 e. The molecule has 1 atom stereocenters. The second-order valence-electron chi connectivity index (χ2n) is 7.55. The van der Waals surface area contributed by atoms with Crippen LogP contribution in [0.4, 0.5) is 27.6 Å². The van der Waals surface area contributed by atoms with Crippen molar-refractivity contribution >= 4 is 28.5 Å². The van der Waals surface area contributed by atoms with Crippen LogP contribution < -0.4 is 21.2 Å². The summed E-state index contributed by atoms with van der Waals surface area (Å²) in [6, 6.07) is 6.14. The van der Waals surface area contributed by atoms with Gasteiger partial charge in [-0.25, -0.2) is 26.7 Å². The first-order valence-electron chi connectivity index (χ1n) is 9.76. The topological polar surface area (TPSA) is 91.7 Å². The minimum atomic E-state index is -2.40. The number of anilines is 1. The van der Waals surface area contributed by atoms with Crippen molar-refractivity contribution in [3.63, 3.8) is 0 Å². The Labute approximate surface area is 189 Å². The first-order chi connectivity index (χ1) is 15.9. The smallest absolute Gasteiger partial charge is 0.336 e. The molecule has 2 amide bonds. The quantitative estimate of drug-likeness (QED) is 0.185. The summed E-state index contributed by atoms with van der Waals surface area (Å²) in [6.45, 7) is 1.21. The molecule has 1 heterocycles. The molecule has 0 bridgehead atoms. The van der Waals surface area contributed by atoms with E-state index >= 15 is 0 Å². The maximum atomic E-state index is 13.8. The van der Waals surface area contributed by atoms with E-state index in [1.807, 2.05) is 5.32 Å². The van der Waals surface area contributed by atoms with E-state index in [4.69, 9.17) is 4.42 Å². The Kier molecular flexibility index (Phi) is 6.89. The van der Waals surface area contributed by atoms with Crippen LogP contribution in [0.15, 0.2) is 33.5 Å². The lowest BCUT2D eigenvalue weighted by Gasteiger charge is -2.17. The minimum Gasteiger partial charge on any atom is -0.423 e. The number of benzene rings is 2. The molecule has 34 heavy (non-hydrogen) atoms. The number of hydrogen-bond acceptors (Lipinski definition) is 5. The molecule has 3 aromatic rings. The fourth-order valence-electron chi connectivity index (χ4n) is 3.22. The van der Waals surface area contributed by atoms with Crippen LogP contribution in [0.5, 0.6) is 0 Å². The number of nitrogens with zero attached hydrogens (tertiary/aromatic N) is 1. The summed E-state index contributed by atoms with van der Waals surface area (Å²) < 4.78 is 72.6. The molecule has 0 aliphatic heterocycles. The number of nitrogens with one attached hydrogen (secondary N) is 2. The number of carbonyl (C=O) groups excluding carboxylic acids is 2. The summed E-state index contributed by atoms with van der Waals surface area (Å²) in [5.74, 6) is -13.9. The van der Waals surface area contributed by atoms with Crippen molar-refractivity contribution in [2.75, 3.05) is 19.0 Å². The molecule has 0 saturated heterocycles. The third-order valence-electron chi connectivity index (χ3n) is 4.84. The van der Waals surface area contributed by atoms with Crippen LogP contribution in [0.2, 0.25) is 0 Å². The van der Waals surface area contributed by atoms with Crippen LogP contribution in [0.1, 0.15) is 22.8 Å². The predicted molar refractivity (Wildman–Crippen MR) is 112 cm³/mol. The minimum absolute atomic E-state index is 0.245. The van der Waals surface area contributed by atoms with Crippen molar-refractivity contribution in [3.8, 4) is 0 Å². The van der Waals surface area contributed by atoms with Crippen LogP contribution in [-0.2, 0) is 11.2 Å². The number of halogens is 5. The van der Waals surface area contributed by atoms with Gasteiger partial charge in [0.2, 0.25) is 11.7 Å². The Morgan fingerprint density at radius 2 is 1.53 bits per heavy atom. The monoisotopic (exact) mass is 483 g/mol. The number of rotatable bonds is 6. The van der Waals surface area contributed by atoms with Gasteiger partial charge in [0.05, 0.1) is 12.6 Å². The Hall–Kier alpha value is -3.96.